The van der Waals surface area contributed by atoms with Gasteiger partial charge in [-0.15, -0.1) is 5.10 Å². The molecule has 106 valence electrons. The highest BCUT2D eigenvalue weighted by Crippen LogP contribution is 2.25. The summed E-state index contributed by atoms with van der Waals surface area (Å²) in [7, 11) is 1.64. The van der Waals surface area contributed by atoms with Crippen LogP contribution in [-0.2, 0) is 6.54 Å². The number of benzene rings is 1. The van der Waals surface area contributed by atoms with Gasteiger partial charge in [-0.25, -0.2) is 4.68 Å². The summed E-state index contributed by atoms with van der Waals surface area (Å²) >= 11 is 0. The highest BCUT2D eigenvalue weighted by Gasteiger charge is 2.15. The Morgan fingerprint density at radius 1 is 1.10 bits per heavy atom. The Morgan fingerprint density at radius 2 is 1.81 bits per heavy atom. The van der Waals surface area contributed by atoms with Gasteiger partial charge in [0.2, 0.25) is 0 Å². The van der Waals surface area contributed by atoms with Crippen LogP contribution in [0, 0.1) is 0 Å². The molecule has 0 aliphatic carbocycles. The molecule has 6 nitrogen and oxygen atoms in total. The average molecular weight is 281 g/mol. The smallest absolute Gasteiger partial charge is 0.119 e. The molecule has 0 fully saturated rings. The van der Waals surface area contributed by atoms with E-state index in [0.717, 1.165) is 28.4 Å². The highest BCUT2D eigenvalue weighted by atomic mass is 16.5. The summed E-state index contributed by atoms with van der Waals surface area (Å²) in [5.41, 5.74) is 9.28. The van der Waals surface area contributed by atoms with Crippen LogP contribution in [0.2, 0.25) is 0 Å². The number of hydrogen-bond donors (Lipinski definition) is 1. The molecule has 2 N–H and O–H groups in total. The van der Waals surface area contributed by atoms with Gasteiger partial charge in [0.15, 0.2) is 0 Å². The maximum absolute atomic E-state index is 5.77. The molecule has 3 rings (SSSR count). The molecule has 0 unspecified atom stereocenters. The van der Waals surface area contributed by atoms with E-state index in [1.165, 1.54) is 0 Å². The molecule has 0 bridgehead atoms. The molecule has 0 radical (unpaired) electrons. The number of ether oxygens (including phenoxy) is 1. The van der Waals surface area contributed by atoms with E-state index >= 15 is 0 Å². The molecule has 0 spiro atoms. The van der Waals surface area contributed by atoms with Crippen molar-refractivity contribution in [1.82, 2.24) is 20.0 Å². The largest absolute Gasteiger partial charge is 0.497 e. The van der Waals surface area contributed by atoms with Crippen LogP contribution < -0.4 is 10.5 Å². The van der Waals surface area contributed by atoms with E-state index in [-0.39, 0.29) is 0 Å². The molecule has 0 atom stereocenters. The second-order valence-electron chi connectivity index (χ2n) is 4.43. The number of nitrogens with zero attached hydrogens (tertiary/aromatic N) is 4. The van der Waals surface area contributed by atoms with Crippen molar-refractivity contribution in [2.24, 2.45) is 5.73 Å². The van der Waals surface area contributed by atoms with Crippen molar-refractivity contribution in [1.29, 1.82) is 0 Å². The fraction of sp³-hybridized carbons (Fsp3) is 0.133. The van der Waals surface area contributed by atoms with Gasteiger partial charge >= 0.3 is 0 Å². The topological polar surface area (TPSA) is 78.8 Å². The summed E-state index contributed by atoms with van der Waals surface area (Å²) in [6, 6.07) is 11.5. The first-order valence-electron chi connectivity index (χ1n) is 6.53. The van der Waals surface area contributed by atoms with Crippen molar-refractivity contribution in [3.63, 3.8) is 0 Å². The Bertz CT molecular complexity index is 722. The van der Waals surface area contributed by atoms with Crippen LogP contribution in [0.5, 0.6) is 5.75 Å². The summed E-state index contributed by atoms with van der Waals surface area (Å²) in [5.74, 6) is 0.795. The van der Waals surface area contributed by atoms with Gasteiger partial charge in [0.05, 0.1) is 18.5 Å². The summed E-state index contributed by atoms with van der Waals surface area (Å²) < 4.78 is 6.95. The van der Waals surface area contributed by atoms with Gasteiger partial charge in [-0.2, -0.15) is 0 Å². The third-order valence-corrected chi connectivity index (χ3v) is 3.20. The fourth-order valence-corrected chi connectivity index (χ4v) is 2.15. The van der Waals surface area contributed by atoms with E-state index in [1.807, 2.05) is 36.4 Å². The van der Waals surface area contributed by atoms with Crippen LogP contribution >= 0.6 is 0 Å². The van der Waals surface area contributed by atoms with Crippen LogP contribution in [0.4, 0.5) is 0 Å². The van der Waals surface area contributed by atoms with Crippen LogP contribution in [0.15, 0.2) is 48.8 Å². The number of nitrogens with two attached hydrogens (primary N) is 1. The minimum atomic E-state index is 0.327. The Kier molecular flexibility index (Phi) is 3.61. The van der Waals surface area contributed by atoms with Gasteiger partial charge in [-0.1, -0.05) is 5.21 Å². The number of aromatic nitrogens is 4. The summed E-state index contributed by atoms with van der Waals surface area (Å²) in [6.07, 6.45) is 3.47. The molecule has 0 aliphatic heterocycles. The van der Waals surface area contributed by atoms with Crippen LogP contribution in [-0.4, -0.2) is 27.1 Å². The molecule has 6 heteroatoms. The zero-order valence-corrected chi connectivity index (χ0v) is 11.6. The maximum atomic E-state index is 5.77. The summed E-state index contributed by atoms with van der Waals surface area (Å²) in [4.78, 5) is 4.04. The second kappa shape index (κ2) is 5.72. The van der Waals surface area contributed by atoms with E-state index in [2.05, 4.69) is 15.3 Å². The van der Waals surface area contributed by atoms with Crippen molar-refractivity contribution < 1.29 is 4.74 Å². The normalized spacial score (nSPS) is 10.6. The van der Waals surface area contributed by atoms with Gasteiger partial charge in [0.25, 0.3) is 0 Å². The minimum absolute atomic E-state index is 0.327. The van der Waals surface area contributed by atoms with Crippen LogP contribution in [0.25, 0.3) is 16.9 Å². The molecule has 0 saturated heterocycles. The first kappa shape index (κ1) is 13.3. The Labute approximate surface area is 122 Å². The number of pyridine rings is 1. The molecule has 0 amide bonds. The highest BCUT2D eigenvalue weighted by molar-refractivity contribution is 5.63. The summed E-state index contributed by atoms with van der Waals surface area (Å²) in [5, 5.41) is 8.38. The summed E-state index contributed by atoms with van der Waals surface area (Å²) in [6.45, 7) is 0.327. The first-order valence-corrected chi connectivity index (χ1v) is 6.53. The van der Waals surface area contributed by atoms with Crippen molar-refractivity contribution in [2.45, 2.75) is 6.54 Å². The van der Waals surface area contributed by atoms with Gasteiger partial charge in [0, 0.05) is 24.5 Å². The zero-order valence-electron chi connectivity index (χ0n) is 11.6. The number of hydrogen-bond acceptors (Lipinski definition) is 5. The van der Waals surface area contributed by atoms with Gasteiger partial charge < -0.3 is 10.5 Å². The molecule has 0 aliphatic rings. The molecule has 2 heterocycles. The minimum Gasteiger partial charge on any atom is -0.497 e. The predicted molar refractivity (Wildman–Crippen MR) is 79.0 cm³/mol. The Balaban J connectivity index is 2.12. The van der Waals surface area contributed by atoms with E-state index < -0.39 is 0 Å². The van der Waals surface area contributed by atoms with Gasteiger partial charge in [-0.05, 0) is 36.4 Å². The monoisotopic (exact) mass is 281 g/mol. The van der Waals surface area contributed by atoms with E-state index in [9.17, 15) is 0 Å². The number of methoxy groups -OCH3 is 1. The second-order valence-corrected chi connectivity index (χ2v) is 4.43. The standard InChI is InChI=1S/C15H15N5O/c1-21-13-4-2-12(3-5-13)20-15(14(10-16)18-19-20)11-6-8-17-9-7-11/h2-9H,10,16H2,1H3. The van der Waals surface area contributed by atoms with Gasteiger partial charge in [0.1, 0.15) is 11.4 Å². The zero-order chi connectivity index (χ0) is 14.7. The lowest BCUT2D eigenvalue weighted by atomic mass is 10.1. The van der Waals surface area contributed by atoms with Crippen molar-refractivity contribution in [3.8, 4) is 22.7 Å². The third kappa shape index (κ3) is 2.48. The van der Waals surface area contributed by atoms with Gasteiger partial charge in [-0.3, -0.25) is 4.98 Å². The molecular weight excluding hydrogens is 266 g/mol. The molecule has 3 aromatic rings. The van der Waals surface area contributed by atoms with E-state index in [0.29, 0.717) is 6.54 Å². The quantitative estimate of drug-likeness (QED) is 0.788. The van der Waals surface area contributed by atoms with Crippen molar-refractivity contribution in [2.75, 3.05) is 7.11 Å². The van der Waals surface area contributed by atoms with E-state index in [4.69, 9.17) is 10.5 Å². The third-order valence-electron chi connectivity index (χ3n) is 3.20. The first-order chi connectivity index (χ1) is 10.3. The lowest BCUT2D eigenvalue weighted by Crippen LogP contribution is -2.02. The molecule has 1 aromatic carbocycles. The number of rotatable bonds is 4. The molecule has 0 saturated carbocycles. The Morgan fingerprint density at radius 3 is 2.43 bits per heavy atom. The Hall–Kier alpha value is -2.73. The lowest BCUT2D eigenvalue weighted by molar-refractivity contribution is 0.414. The maximum Gasteiger partial charge on any atom is 0.119 e. The molecular formula is C15H15N5O. The predicted octanol–water partition coefficient (Wildman–Crippen LogP) is 1.80. The van der Waals surface area contributed by atoms with Crippen molar-refractivity contribution in [3.05, 3.63) is 54.5 Å². The van der Waals surface area contributed by atoms with Crippen LogP contribution in [0.3, 0.4) is 0 Å². The van der Waals surface area contributed by atoms with Crippen molar-refractivity contribution >= 4 is 0 Å². The molecule has 2 aromatic heterocycles. The van der Waals surface area contributed by atoms with E-state index in [1.54, 1.807) is 24.2 Å². The fourth-order valence-electron chi connectivity index (χ4n) is 2.15. The average Bonchev–Trinajstić information content (AvgIpc) is 2.99. The SMILES string of the molecule is COc1ccc(-n2nnc(CN)c2-c2ccncc2)cc1. The molecule has 21 heavy (non-hydrogen) atoms. The lowest BCUT2D eigenvalue weighted by Gasteiger charge is -2.08. The van der Waals surface area contributed by atoms with Crippen LogP contribution in [0.1, 0.15) is 5.69 Å².